The Balaban J connectivity index is 2.19. The van der Waals surface area contributed by atoms with E-state index in [1.807, 2.05) is 36.4 Å². The fraction of sp³-hybridized carbons (Fsp3) is 0.294. The summed E-state index contributed by atoms with van der Waals surface area (Å²) < 4.78 is 12.4. The van der Waals surface area contributed by atoms with Crippen molar-refractivity contribution < 1.29 is 9.47 Å². The Hall–Kier alpha value is -1.48. The average Bonchev–Trinajstić information content (AvgIpc) is 2.46. The third-order valence-electron chi connectivity index (χ3n) is 3.17. The molecule has 0 aliphatic rings. The van der Waals surface area contributed by atoms with E-state index in [9.17, 15) is 0 Å². The van der Waals surface area contributed by atoms with Crippen LogP contribution in [0.2, 0.25) is 0 Å². The van der Waals surface area contributed by atoms with Crippen LogP contribution in [-0.2, 0) is 6.61 Å². The summed E-state index contributed by atoms with van der Waals surface area (Å²) in [5, 5.41) is 0. The minimum Gasteiger partial charge on any atom is -0.496 e. The van der Waals surface area contributed by atoms with Gasteiger partial charge in [0, 0.05) is 10.0 Å². The second-order valence-electron chi connectivity index (χ2n) is 4.94. The molecule has 0 N–H and O–H groups in total. The minimum absolute atomic E-state index is 0.417. The van der Waals surface area contributed by atoms with E-state index in [1.54, 1.807) is 7.11 Å². The molecular formula is C17H19BrO2. The molecular weight excluding hydrogens is 316 g/mol. The molecule has 0 radical (unpaired) electrons. The van der Waals surface area contributed by atoms with Crippen LogP contribution < -0.4 is 9.47 Å². The zero-order chi connectivity index (χ0) is 14.5. The molecule has 0 aliphatic heterocycles. The lowest BCUT2D eigenvalue weighted by Crippen LogP contribution is -2.01. The first kappa shape index (κ1) is 14.9. The molecule has 3 heteroatoms. The number of methoxy groups -OCH3 is 1. The number of rotatable bonds is 5. The second kappa shape index (κ2) is 6.80. The molecule has 0 aromatic heterocycles. The summed E-state index contributed by atoms with van der Waals surface area (Å²) in [6.45, 7) is 4.83. The summed E-state index contributed by atoms with van der Waals surface area (Å²) >= 11 is 3.51. The summed E-state index contributed by atoms with van der Waals surface area (Å²) in [6, 6.07) is 14.0. The molecule has 0 heterocycles. The van der Waals surface area contributed by atoms with Gasteiger partial charge in [0.15, 0.2) is 0 Å². The van der Waals surface area contributed by atoms with Crippen LogP contribution in [0.15, 0.2) is 46.9 Å². The molecule has 20 heavy (non-hydrogen) atoms. The zero-order valence-corrected chi connectivity index (χ0v) is 13.6. The Kier molecular flexibility index (Phi) is 5.07. The van der Waals surface area contributed by atoms with E-state index in [2.05, 4.69) is 35.8 Å². The zero-order valence-electron chi connectivity index (χ0n) is 12.0. The number of ether oxygens (including phenoxy) is 2. The highest BCUT2D eigenvalue weighted by atomic mass is 79.9. The van der Waals surface area contributed by atoms with Gasteiger partial charge in [-0.1, -0.05) is 48.0 Å². The number of para-hydroxylation sites is 1. The van der Waals surface area contributed by atoms with Crippen molar-refractivity contribution >= 4 is 15.9 Å². The maximum absolute atomic E-state index is 5.98. The molecule has 0 amide bonds. The predicted octanol–water partition coefficient (Wildman–Crippen LogP) is 5.16. The van der Waals surface area contributed by atoms with Crippen LogP contribution in [0.25, 0.3) is 0 Å². The fourth-order valence-electron chi connectivity index (χ4n) is 2.08. The van der Waals surface area contributed by atoms with Gasteiger partial charge in [-0.05, 0) is 35.7 Å². The maximum atomic E-state index is 5.98. The van der Waals surface area contributed by atoms with Crippen LogP contribution in [0.4, 0.5) is 0 Å². The Bertz CT molecular complexity index is 579. The van der Waals surface area contributed by atoms with Gasteiger partial charge >= 0.3 is 0 Å². The second-order valence-corrected chi connectivity index (χ2v) is 5.85. The molecule has 0 saturated carbocycles. The smallest absolute Gasteiger partial charge is 0.125 e. The molecule has 0 bridgehead atoms. The van der Waals surface area contributed by atoms with Gasteiger partial charge < -0.3 is 9.47 Å². The van der Waals surface area contributed by atoms with Gasteiger partial charge in [-0.2, -0.15) is 0 Å². The number of hydrogen-bond acceptors (Lipinski definition) is 2. The summed E-state index contributed by atoms with van der Waals surface area (Å²) in [5.74, 6) is 2.20. The van der Waals surface area contributed by atoms with E-state index >= 15 is 0 Å². The first-order chi connectivity index (χ1) is 9.61. The Morgan fingerprint density at radius 1 is 1.05 bits per heavy atom. The number of benzene rings is 2. The predicted molar refractivity (Wildman–Crippen MR) is 85.6 cm³/mol. The largest absolute Gasteiger partial charge is 0.496 e. The van der Waals surface area contributed by atoms with Crippen LogP contribution in [-0.4, -0.2) is 7.11 Å². The molecule has 2 aromatic carbocycles. The van der Waals surface area contributed by atoms with Crippen LogP contribution in [0.5, 0.6) is 11.5 Å². The third kappa shape index (κ3) is 3.54. The van der Waals surface area contributed by atoms with Crippen molar-refractivity contribution in [1.82, 2.24) is 0 Å². The van der Waals surface area contributed by atoms with Crippen LogP contribution in [0.3, 0.4) is 0 Å². The van der Waals surface area contributed by atoms with Crippen molar-refractivity contribution in [2.75, 3.05) is 7.11 Å². The number of hydrogen-bond donors (Lipinski definition) is 0. The van der Waals surface area contributed by atoms with Crippen molar-refractivity contribution in [2.45, 2.75) is 26.4 Å². The van der Waals surface area contributed by atoms with E-state index < -0.39 is 0 Å². The van der Waals surface area contributed by atoms with Crippen molar-refractivity contribution in [3.8, 4) is 11.5 Å². The monoisotopic (exact) mass is 334 g/mol. The Morgan fingerprint density at radius 3 is 2.50 bits per heavy atom. The third-order valence-corrected chi connectivity index (χ3v) is 3.66. The molecule has 0 unspecified atom stereocenters. The SMILES string of the molecule is COc1ccccc1COc1ccc(Br)cc1C(C)C. The van der Waals surface area contributed by atoms with E-state index in [-0.39, 0.29) is 0 Å². The first-order valence-corrected chi connectivity index (χ1v) is 7.45. The molecule has 0 atom stereocenters. The van der Waals surface area contributed by atoms with Crippen molar-refractivity contribution in [3.05, 3.63) is 58.1 Å². The lowest BCUT2D eigenvalue weighted by atomic mass is 10.0. The van der Waals surface area contributed by atoms with Gasteiger partial charge in [-0.25, -0.2) is 0 Å². The Morgan fingerprint density at radius 2 is 1.80 bits per heavy atom. The summed E-state index contributed by atoms with van der Waals surface area (Å²) in [5.41, 5.74) is 2.25. The molecule has 0 fully saturated rings. The molecule has 0 saturated heterocycles. The van der Waals surface area contributed by atoms with Crippen LogP contribution in [0.1, 0.15) is 30.9 Å². The van der Waals surface area contributed by atoms with Gasteiger partial charge in [0.05, 0.1) is 7.11 Å². The summed E-state index contributed by atoms with van der Waals surface area (Å²) in [4.78, 5) is 0. The topological polar surface area (TPSA) is 18.5 Å². The first-order valence-electron chi connectivity index (χ1n) is 6.66. The van der Waals surface area contributed by atoms with E-state index in [0.717, 1.165) is 21.5 Å². The Labute approximate surface area is 128 Å². The van der Waals surface area contributed by atoms with Gasteiger partial charge in [0.1, 0.15) is 18.1 Å². The standard InChI is InChI=1S/C17H19BrO2/c1-12(2)15-10-14(18)8-9-17(15)20-11-13-6-4-5-7-16(13)19-3/h4-10,12H,11H2,1-3H3. The quantitative estimate of drug-likeness (QED) is 0.751. The lowest BCUT2D eigenvalue weighted by Gasteiger charge is -2.15. The molecule has 2 rings (SSSR count). The average molecular weight is 335 g/mol. The molecule has 2 nitrogen and oxygen atoms in total. The van der Waals surface area contributed by atoms with E-state index in [0.29, 0.717) is 12.5 Å². The van der Waals surface area contributed by atoms with Crippen molar-refractivity contribution in [1.29, 1.82) is 0 Å². The van der Waals surface area contributed by atoms with Gasteiger partial charge in [0.25, 0.3) is 0 Å². The van der Waals surface area contributed by atoms with E-state index in [1.165, 1.54) is 5.56 Å². The van der Waals surface area contributed by atoms with Gasteiger partial charge in [0.2, 0.25) is 0 Å². The van der Waals surface area contributed by atoms with E-state index in [4.69, 9.17) is 9.47 Å². The fourth-order valence-corrected chi connectivity index (χ4v) is 2.46. The summed E-state index contributed by atoms with van der Waals surface area (Å²) in [6.07, 6.45) is 0. The summed E-state index contributed by atoms with van der Waals surface area (Å²) in [7, 11) is 1.68. The molecule has 0 aliphatic carbocycles. The van der Waals surface area contributed by atoms with Crippen LogP contribution >= 0.6 is 15.9 Å². The van der Waals surface area contributed by atoms with Crippen LogP contribution in [0, 0.1) is 0 Å². The van der Waals surface area contributed by atoms with Gasteiger partial charge in [-0.15, -0.1) is 0 Å². The molecule has 0 spiro atoms. The lowest BCUT2D eigenvalue weighted by molar-refractivity contribution is 0.293. The normalized spacial score (nSPS) is 10.7. The minimum atomic E-state index is 0.417. The van der Waals surface area contributed by atoms with Gasteiger partial charge in [-0.3, -0.25) is 0 Å². The highest BCUT2D eigenvalue weighted by molar-refractivity contribution is 9.10. The maximum Gasteiger partial charge on any atom is 0.125 e. The highest BCUT2D eigenvalue weighted by Gasteiger charge is 2.10. The highest BCUT2D eigenvalue weighted by Crippen LogP contribution is 2.30. The molecule has 2 aromatic rings. The van der Waals surface area contributed by atoms with Crippen molar-refractivity contribution in [2.24, 2.45) is 0 Å². The van der Waals surface area contributed by atoms with Crippen molar-refractivity contribution in [3.63, 3.8) is 0 Å². The molecule has 106 valence electrons. The number of halogens is 1.